The van der Waals surface area contributed by atoms with Crippen molar-refractivity contribution < 1.29 is 19.2 Å². The maximum atomic E-state index is 12.9. The van der Waals surface area contributed by atoms with Crippen molar-refractivity contribution in [3.63, 3.8) is 0 Å². The van der Waals surface area contributed by atoms with Crippen molar-refractivity contribution in [1.82, 2.24) is 15.5 Å². The standard InChI is InChI=1S/C19H32N4O4/c1-5-7-8-14(17(25)19(27)21-9-6-2)22-18(26)16-13(4)12(3)11-23(16)15(24)10-20/h6,12-14,16H,2,5,7-11,20H2,1,3-4H3,(H,21,27)(H,22,26). The molecule has 4 atom stereocenters. The van der Waals surface area contributed by atoms with Gasteiger partial charge in [-0.25, -0.2) is 0 Å². The minimum atomic E-state index is -0.916. The Labute approximate surface area is 160 Å². The Morgan fingerprint density at radius 3 is 2.52 bits per heavy atom. The van der Waals surface area contributed by atoms with Crippen LogP contribution in [0.2, 0.25) is 0 Å². The third-order valence-electron chi connectivity index (χ3n) is 5.09. The zero-order valence-corrected chi connectivity index (χ0v) is 16.5. The Morgan fingerprint density at radius 2 is 1.96 bits per heavy atom. The van der Waals surface area contributed by atoms with Gasteiger partial charge in [0.1, 0.15) is 6.04 Å². The lowest BCUT2D eigenvalue weighted by atomic mass is 9.93. The van der Waals surface area contributed by atoms with Crippen LogP contribution in [0.25, 0.3) is 0 Å². The zero-order chi connectivity index (χ0) is 20.6. The lowest BCUT2D eigenvalue weighted by Gasteiger charge is -2.27. The topological polar surface area (TPSA) is 122 Å². The number of rotatable bonds is 10. The van der Waals surface area contributed by atoms with Crippen LogP contribution in [0, 0.1) is 11.8 Å². The molecule has 152 valence electrons. The predicted octanol–water partition coefficient (Wildman–Crippen LogP) is -0.0256. The highest BCUT2D eigenvalue weighted by Gasteiger charge is 2.44. The number of nitrogens with one attached hydrogen (secondary N) is 2. The second kappa shape index (κ2) is 10.8. The molecule has 4 N–H and O–H groups in total. The van der Waals surface area contributed by atoms with Crippen molar-refractivity contribution >= 4 is 23.5 Å². The van der Waals surface area contributed by atoms with E-state index in [0.29, 0.717) is 19.4 Å². The Balaban J connectivity index is 2.93. The van der Waals surface area contributed by atoms with E-state index in [-0.39, 0.29) is 30.8 Å². The van der Waals surface area contributed by atoms with Gasteiger partial charge in [-0.3, -0.25) is 19.2 Å². The molecule has 1 rings (SSSR count). The van der Waals surface area contributed by atoms with Gasteiger partial charge in [-0.2, -0.15) is 0 Å². The smallest absolute Gasteiger partial charge is 0.289 e. The highest BCUT2D eigenvalue weighted by Crippen LogP contribution is 2.29. The van der Waals surface area contributed by atoms with Crippen LogP contribution in [0.1, 0.15) is 40.0 Å². The van der Waals surface area contributed by atoms with Crippen molar-refractivity contribution in [1.29, 1.82) is 0 Å². The number of ketones is 1. The van der Waals surface area contributed by atoms with Crippen LogP contribution in [-0.2, 0) is 19.2 Å². The number of hydrogen-bond donors (Lipinski definition) is 3. The summed E-state index contributed by atoms with van der Waals surface area (Å²) in [5, 5.41) is 5.15. The highest BCUT2D eigenvalue weighted by molar-refractivity contribution is 6.38. The van der Waals surface area contributed by atoms with E-state index < -0.39 is 29.7 Å². The summed E-state index contributed by atoms with van der Waals surface area (Å²) < 4.78 is 0. The van der Waals surface area contributed by atoms with Gasteiger partial charge >= 0.3 is 0 Å². The van der Waals surface area contributed by atoms with Crippen LogP contribution in [-0.4, -0.2) is 60.1 Å². The Bertz CT molecular complexity index is 578. The van der Waals surface area contributed by atoms with E-state index in [4.69, 9.17) is 5.73 Å². The van der Waals surface area contributed by atoms with Gasteiger partial charge in [-0.15, -0.1) is 6.58 Å². The van der Waals surface area contributed by atoms with Crippen molar-refractivity contribution in [3.05, 3.63) is 12.7 Å². The minimum absolute atomic E-state index is 0.0722. The van der Waals surface area contributed by atoms with Crippen molar-refractivity contribution in [3.8, 4) is 0 Å². The van der Waals surface area contributed by atoms with E-state index in [1.165, 1.54) is 11.0 Å². The fourth-order valence-electron chi connectivity index (χ4n) is 3.28. The van der Waals surface area contributed by atoms with Gasteiger partial charge in [-0.05, 0) is 18.3 Å². The first-order valence-corrected chi connectivity index (χ1v) is 9.51. The Morgan fingerprint density at radius 1 is 1.30 bits per heavy atom. The molecule has 8 nitrogen and oxygen atoms in total. The van der Waals surface area contributed by atoms with E-state index in [0.717, 1.165) is 6.42 Å². The Hall–Kier alpha value is -2.22. The number of hydrogen-bond acceptors (Lipinski definition) is 5. The average Bonchev–Trinajstić information content (AvgIpc) is 2.96. The predicted molar refractivity (Wildman–Crippen MR) is 103 cm³/mol. The monoisotopic (exact) mass is 380 g/mol. The highest BCUT2D eigenvalue weighted by atomic mass is 16.2. The molecule has 8 heteroatoms. The summed E-state index contributed by atoms with van der Waals surface area (Å²) in [5.74, 6) is -2.09. The van der Waals surface area contributed by atoms with Crippen LogP contribution >= 0.6 is 0 Å². The number of carbonyl (C=O) groups excluding carboxylic acids is 4. The zero-order valence-electron chi connectivity index (χ0n) is 16.5. The van der Waals surface area contributed by atoms with Crippen molar-refractivity contribution in [2.24, 2.45) is 17.6 Å². The van der Waals surface area contributed by atoms with Crippen LogP contribution in [0.15, 0.2) is 12.7 Å². The van der Waals surface area contributed by atoms with Crippen LogP contribution in [0.4, 0.5) is 0 Å². The second-order valence-corrected chi connectivity index (χ2v) is 7.10. The quantitative estimate of drug-likeness (QED) is 0.363. The summed E-state index contributed by atoms with van der Waals surface area (Å²) in [6.45, 7) is 9.77. The number of Topliss-reactive ketones (excluding diaryl/α,β-unsaturated/α-hetero) is 1. The SMILES string of the molecule is C=CCNC(=O)C(=O)C(CCCC)NC(=O)C1C(C)C(C)CN1C(=O)CN. The molecule has 0 saturated carbocycles. The first-order chi connectivity index (χ1) is 12.8. The molecule has 0 aromatic heterocycles. The molecule has 0 radical (unpaired) electrons. The molecular weight excluding hydrogens is 348 g/mol. The molecular formula is C19H32N4O4. The average molecular weight is 380 g/mol. The van der Waals surface area contributed by atoms with Gasteiger partial charge in [0.05, 0.1) is 12.6 Å². The Kier molecular flexibility index (Phi) is 9.14. The number of likely N-dealkylation sites (tertiary alicyclic amines) is 1. The maximum absolute atomic E-state index is 12.9. The third-order valence-corrected chi connectivity index (χ3v) is 5.09. The summed E-state index contributed by atoms with van der Waals surface area (Å²) in [4.78, 5) is 51.0. The molecule has 4 unspecified atom stereocenters. The van der Waals surface area contributed by atoms with Gasteiger partial charge in [0, 0.05) is 13.1 Å². The van der Waals surface area contributed by atoms with E-state index >= 15 is 0 Å². The lowest BCUT2D eigenvalue weighted by molar-refractivity contribution is -0.142. The van der Waals surface area contributed by atoms with Gasteiger partial charge in [-0.1, -0.05) is 39.7 Å². The second-order valence-electron chi connectivity index (χ2n) is 7.10. The summed E-state index contributed by atoms with van der Waals surface area (Å²) in [6, 6.07) is -1.61. The lowest BCUT2D eigenvalue weighted by Crippen LogP contribution is -2.55. The molecule has 0 aliphatic carbocycles. The molecule has 0 aromatic rings. The van der Waals surface area contributed by atoms with E-state index in [1.54, 1.807) is 0 Å². The molecule has 0 aromatic carbocycles. The van der Waals surface area contributed by atoms with E-state index in [1.807, 2.05) is 20.8 Å². The number of unbranched alkanes of at least 4 members (excludes halogenated alkanes) is 1. The third kappa shape index (κ3) is 5.89. The summed E-state index contributed by atoms with van der Waals surface area (Å²) in [7, 11) is 0. The molecule has 1 aliphatic heterocycles. The summed E-state index contributed by atoms with van der Waals surface area (Å²) in [6.07, 6.45) is 3.35. The molecule has 27 heavy (non-hydrogen) atoms. The minimum Gasteiger partial charge on any atom is -0.346 e. The first kappa shape index (κ1) is 22.8. The van der Waals surface area contributed by atoms with Gasteiger partial charge in [0.25, 0.3) is 5.91 Å². The van der Waals surface area contributed by atoms with Crippen molar-refractivity contribution in [2.75, 3.05) is 19.6 Å². The van der Waals surface area contributed by atoms with E-state index in [2.05, 4.69) is 17.2 Å². The number of nitrogens with two attached hydrogens (primary N) is 1. The maximum Gasteiger partial charge on any atom is 0.289 e. The normalized spacial score (nSPS) is 22.8. The fraction of sp³-hybridized carbons (Fsp3) is 0.684. The molecule has 1 aliphatic rings. The van der Waals surface area contributed by atoms with Crippen LogP contribution in [0.5, 0.6) is 0 Å². The molecule has 0 spiro atoms. The molecule has 1 heterocycles. The van der Waals surface area contributed by atoms with E-state index in [9.17, 15) is 19.2 Å². The number of amides is 3. The number of nitrogens with zero attached hydrogens (tertiary/aromatic N) is 1. The summed E-state index contributed by atoms with van der Waals surface area (Å²) in [5.41, 5.74) is 5.47. The van der Waals surface area contributed by atoms with Gasteiger partial charge < -0.3 is 21.3 Å². The molecule has 3 amide bonds. The largest absolute Gasteiger partial charge is 0.346 e. The molecule has 0 bridgehead atoms. The number of carbonyl (C=O) groups is 4. The van der Waals surface area contributed by atoms with Gasteiger partial charge in [0.15, 0.2) is 0 Å². The first-order valence-electron chi connectivity index (χ1n) is 9.51. The van der Waals surface area contributed by atoms with Gasteiger partial charge in [0.2, 0.25) is 17.6 Å². The van der Waals surface area contributed by atoms with Crippen LogP contribution in [0.3, 0.4) is 0 Å². The fourth-order valence-corrected chi connectivity index (χ4v) is 3.28. The van der Waals surface area contributed by atoms with Crippen molar-refractivity contribution in [2.45, 2.75) is 52.1 Å². The molecule has 1 fully saturated rings. The summed E-state index contributed by atoms with van der Waals surface area (Å²) >= 11 is 0. The van der Waals surface area contributed by atoms with Crippen LogP contribution < -0.4 is 16.4 Å². The molecule has 1 saturated heterocycles.